The van der Waals surface area contributed by atoms with Crippen molar-refractivity contribution in [1.82, 2.24) is 0 Å². The van der Waals surface area contributed by atoms with Gasteiger partial charge in [0.15, 0.2) is 8.32 Å². The molecule has 2 heteroatoms. The predicted molar refractivity (Wildman–Crippen MR) is 74.2 cm³/mol. The summed E-state index contributed by atoms with van der Waals surface area (Å²) >= 11 is 0. The van der Waals surface area contributed by atoms with E-state index in [4.69, 9.17) is 4.43 Å². The molecule has 0 aromatic heterocycles. The van der Waals surface area contributed by atoms with Crippen molar-refractivity contribution in [2.75, 3.05) is 6.61 Å². The first-order valence-corrected chi connectivity index (χ1v) is 9.54. The highest BCUT2D eigenvalue weighted by Crippen LogP contribution is 2.36. The third-order valence-corrected chi connectivity index (χ3v) is 8.66. The summed E-state index contributed by atoms with van der Waals surface area (Å²) in [6.45, 7) is 12.3. The van der Waals surface area contributed by atoms with Gasteiger partial charge < -0.3 is 4.43 Å². The van der Waals surface area contributed by atoms with Crippen LogP contribution in [0.5, 0.6) is 0 Å². The van der Waals surface area contributed by atoms with Gasteiger partial charge >= 0.3 is 0 Å². The van der Waals surface area contributed by atoms with Crippen LogP contribution in [-0.2, 0) is 4.43 Å². The van der Waals surface area contributed by atoms with Crippen LogP contribution >= 0.6 is 0 Å². The Labute approximate surface area is 102 Å². The third-order valence-electron chi connectivity index (χ3n) is 4.15. The van der Waals surface area contributed by atoms with Crippen LogP contribution in [0.1, 0.15) is 46.5 Å². The lowest BCUT2D eigenvalue weighted by molar-refractivity contribution is 0.327. The van der Waals surface area contributed by atoms with Gasteiger partial charge in [-0.25, -0.2) is 0 Å². The summed E-state index contributed by atoms with van der Waals surface area (Å²) in [5.41, 5.74) is 0. The van der Waals surface area contributed by atoms with Gasteiger partial charge in [-0.2, -0.15) is 0 Å². The molecule has 16 heavy (non-hydrogen) atoms. The first-order valence-electron chi connectivity index (χ1n) is 6.63. The fraction of sp³-hybridized carbons (Fsp3) is 0.857. The summed E-state index contributed by atoms with van der Waals surface area (Å²) in [4.78, 5) is 0. The van der Waals surface area contributed by atoms with Gasteiger partial charge in [-0.15, -0.1) is 0 Å². The van der Waals surface area contributed by atoms with E-state index in [2.05, 4.69) is 46.0 Å². The standard InChI is InChI=1S/C14H28OSi/c1-14(2,3)16(4,5)15-12-8-11-13-9-6-7-10-13/h8,11,13H,6-7,9-10,12H2,1-5H3/b11-8+. The molecule has 1 aliphatic carbocycles. The van der Waals surface area contributed by atoms with E-state index in [0.717, 1.165) is 12.5 Å². The Morgan fingerprint density at radius 1 is 1.19 bits per heavy atom. The molecule has 1 aliphatic rings. The summed E-state index contributed by atoms with van der Waals surface area (Å²) in [6.07, 6.45) is 10.2. The zero-order valence-electron chi connectivity index (χ0n) is 11.7. The van der Waals surface area contributed by atoms with Gasteiger partial charge in [0, 0.05) is 0 Å². The van der Waals surface area contributed by atoms with Crippen LogP contribution in [-0.4, -0.2) is 14.9 Å². The van der Waals surface area contributed by atoms with Crippen molar-refractivity contribution in [2.45, 2.75) is 64.6 Å². The zero-order valence-corrected chi connectivity index (χ0v) is 12.7. The lowest BCUT2D eigenvalue weighted by atomic mass is 10.1. The monoisotopic (exact) mass is 240 g/mol. The first-order chi connectivity index (χ1) is 7.33. The highest BCUT2D eigenvalue weighted by molar-refractivity contribution is 6.74. The molecule has 1 saturated carbocycles. The second-order valence-electron chi connectivity index (χ2n) is 6.54. The van der Waals surface area contributed by atoms with E-state index in [1.54, 1.807) is 0 Å². The highest BCUT2D eigenvalue weighted by atomic mass is 28.4. The molecule has 0 atom stereocenters. The quantitative estimate of drug-likeness (QED) is 0.509. The Morgan fingerprint density at radius 3 is 2.25 bits per heavy atom. The first kappa shape index (κ1) is 14.0. The Kier molecular flexibility index (Phi) is 4.81. The van der Waals surface area contributed by atoms with Crippen molar-refractivity contribution in [3.8, 4) is 0 Å². The topological polar surface area (TPSA) is 9.23 Å². The number of hydrogen-bond donors (Lipinski definition) is 0. The van der Waals surface area contributed by atoms with E-state index in [0.29, 0.717) is 5.04 Å². The Balaban J connectivity index is 2.29. The fourth-order valence-corrected chi connectivity index (χ4v) is 2.82. The molecule has 0 radical (unpaired) electrons. The third kappa shape index (κ3) is 4.06. The van der Waals surface area contributed by atoms with Crippen LogP contribution in [0, 0.1) is 5.92 Å². The Hall–Kier alpha value is -0.0831. The van der Waals surface area contributed by atoms with Crippen molar-refractivity contribution in [2.24, 2.45) is 5.92 Å². The van der Waals surface area contributed by atoms with Crippen LogP contribution in [0.4, 0.5) is 0 Å². The SMILES string of the molecule is CC(C)(C)[Si](C)(C)OC/C=C/C1CCCC1. The second-order valence-corrected chi connectivity index (χ2v) is 11.4. The fourth-order valence-electron chi connectivity index (χ4n) is 1.87. The van der Waals surface area contributed by atoms with E-state index in [1.165, 1.54) is 25.7 Å². The predicted octanol–water partition coefficient (Wildman–Crippen LogP) is 4.75. The van der Waals surface area contributed by atoms with Crippen LogP contribution in [0.15, 0.2) is 12.2 Å². The minimum absolute atomic E-state index is 0.328. The normalized spacial score (nSPS) is 19.8. The lowest BCUT2D eigenvalue weighted by Gasteiger charge is -2.35. The highest BCUT2D eigenvalue weighted by Gasteiger charge is 2.36. The van der Waals surface area contributed by atoms with E-state index in [9.17, 15) is 0 Å². The molecule has 1 rings (SSSR count). The van der Waals surface area contributed by atoms with Gasteiger partial charge in [0.05, 0.1) is 6.61 Å². The maximum absolute atomic E-state index is 6.11. The molecule has 94 valence electrons. The van der Waals surface area contributed by atoms with Crippen molar-refractivity contribution in [3.63, 3.8) is 0 Å². The molecule has 0 bridgehead atoms. The average molecular weight is 240 g/mol. The maximum atomic E-state index is 6.11. The minimum Gasteiger partial charge on any atom is -0.413 e. The van der Waals surface area contributed by atoms with E-state index in [1.807, 2.05) is 0 Å². The maximum Gasteiger partial charge on any atom is 0.192 e. The van der Waals surface area contributed by atoms with Crippen LogP contribution < -0.4 is 0 Å². The van der Waals surface area contributed by atoms with Gasteiger partial charge in [0.1, 0.15) is 0 Å². The molecule has 0 aromatic rings. The van der Waals surface area contributed by atoms with Crippen molar-refractivity contribution in [3.05, 3.63) is 12.2 Å². The molecule has 0 aromatic carbocycles. The summed E-state index contributed by atoms with van der Waals surface area (Å²) < 4.78 is 6.11. The summed E-state index contributed by atoms with van der Waals surface area (Å²) in [7, 11) is -1.53. The minimum atomic E-state index is -1.53. The van der Waals surface area contributed by atoms with Gasteiger partial charge in [0.25, 0.3) is 0 Å². The molecule has 0 aliphatic heterocycles. The molecule has 0 N–H and O–H groups in total. The Morgan fingerprint density at radius 2 is 1.75 bits per heavy atom. The number of rotatable bonds is 4. The molecule has 1 nitrogen and oxygen atoms in total. The van der Waals surface area contributed by atoms with Gasteiger partial charge in [-0.1, -0.05) is 45.8 Å². The molecular weight excluding hydrogens is 212 g/mol. The molecule has 0 unspecified atom stereocenters. The van der Waals surface area contributed by atoms with Crippen LogP contribution in [0.2, 0.25) is 18.1 Å². The molecule has 0 saturated heterocycles. The molecule has 0 spiro atoms. The number of hydrogen-bond acceptors (Lipinski definition) is 1. The van der Waals surface area contributed by atoms with Crippen molar-refractivity contribution < 1.29 is 4.43 Å². The smallest absolute Gasteiger partial charge is 0.192 e. The van der Waals surface area contributed by atoms with Gasteiger partial charge in [-0.05, 0) is 36.9 Å². The van der Waals surface area contributed by atoms with E-state index in [-0.39, 0.29) is 0 Å². The lowest BCUT2D eigenvalue weighted by Crippen LogP contribution is -2.40. The summed E-state index contributed by atoms with van der Waals surface area (Å²) in [6, 6.07) is 0. The van der Waals surface area contributed by atoms with Crippen LogP contribution in [0.25, 0.3) is 0 Å². The van der Waals surface area contributed by atoms with E-state index >= 15 is 0 Å². The van der Waals surface area contributed by atoms with Gasteiger partial charge in [0.2, 0.25) is 0 Å². The van der Waals surface area contributed by atoms with Crippen LogP contribution in [0.3, 0.4) is 0 Å². The number of allylic oxidation sites excluding steroid dienone is 1. The molecule has 0 amide bonds. The summed E-state index contributed by atoms with van der Waals surface area (Å²) in [5.74, 6) is 0.836. The van der Waals surface area contributed by atoms with Gasteiger partial charge in [-0.3, -0.25) is 0 Å². The van der Waals surface area contributed by atoms with E-state index < -0.39 is 8.32 Å². The average Bonchev–Trinajstić information content (AvgIpc) is 2.63. The largest absolute Gasteiger partial charge is 0.413 e. The second kappa shape index (κ2) is 5.50. The zero-order chi connectivity index (χ0) is 12.2. The molecular formula is C14H28OSi. The summed E-state index contributed by atoms with van der Waals surface area (Å²) in [5, 5.41) is 0.328. The van der Waals surface area contributed by atoms with Crippen molar-refractivity contribution in [1.29, 1.82) is 0 Å². The Bertz CT molecular complexity index is 232. The van der Waals surface area contributed by atoms with Crippen molar-refractivity contribution >= 4 is 8.32 Å². The molecule has 0 heterocycles. The molecule has 1 fully saturated rings.